The molecule has 1 aliphatic carbocycles. The Morgan fingerprint density at radius 1 is 1.10 bits per heavy atom. The van der Waals surface area contributed by atoms with Gasteiger partial charge in [-0.3, -0.25) is 4.79 Å². The van der Waals surface area contributed by atoms with Crippen molar-refractivity contribution < 1.29 is 9.90 Å². The van der Waals surface area contributed by atoms with Crippen LogP contribution in [0.3, 0.4) is 0 Å². The van der Waals surface area contributed by atoms with E-state index in [4.69, 9.17) is 0 Å². The van der Waals surface area contributed by atoms with E-state index >= 15 is 0 Å². The zero-order valence-electron chi connectivity index (χ0n) is 23.0. The Kier molecular flexibility index (Phi) is 6.89. The lowest BCUT2D eigenvalue weighted by Gasteiger charge is -2.21. The minimum atomic E-state index is -0.980. The topological polar surface area (TPSA) is 119 Å². The van der Waals surface area contributed by atoms with Gasteiger partial charge in [-0.1, -0.05) is 12.1 Å². The molecule has 2 aliphatic heterocycles. The first kappa shape index (κ1) is 26.2. The van der Waals surface area contributed by atoms with Crippen LogP contribution in [0.1, 0.15) is 35.0 Å². The standard InChI is InChI=1S/C30H36N8O2/c1-4-13-31-28(39)24-14-32-29(36-27(24)35-25-10-5-19-11-12-30(2,40)26(19)34-25)33-22-6-8-23(9-7-22)38-17-20-15-37(3)16-21(20)18-38/h4-10,14,20-21,40H,1,11-13,15-18H2,2-3H3,(H,31,39)(H2,32,33,34,35,36). The van der Waals surface area contributed by atoms with Crippen molar-refractivity contribution in [1.29, 1.82) is 0 Å². The Hall–Kier alpha value is -4.02. The number of anilines is 5. The van der Waals surface area contributed by atoms with Crippen molar-refractivity contribution in [2.24, 2.45) is 11.8 Å². The van der Waals surface area contributed by atoms with Crippen molar-refractivity contribution in [1.82, 2.24) is 25.2 Å². The third kappa shape index (κ3) is 5.24. The van der Waals surface area contributed by atoms with Crippen LogP contribution >= 0.6 is 0 Å². The first-order chi connectivity index (χ1) is 19.3. The van der Waals surface area contributed by atoms with Gasteiger partial charge in [-0.2, -0.15) is 4.98 Å². The molecular formula is C30H36N8O2. The number of aryl methyl sites for hydroxylation is 1. The molecule has 1 aromatic carbocycles. The van der Waals surface area contributed by atoms with Crippen LogP contribution < -0.4 is 20.9 Å². The molecule has 10 heteroatoms. The molecule has 3 aromatic rings. The van der Waals surface area contributed by atoms with E-state index in [0.29, 0.717) is 36.2 Å². The van der Waals surface area contributed by atoms with Crippen molar-refractivity contribution in [3.8, 4) is 0 Å². The second kappa shape index (κ2) is 10.5. The number of hydrogen-bond acceptors (Lipinski definition) is 9. The Morgan fingerprint density at radius 3 is 2.58 bits per heavy atom. The van der Waals surface area contributed by atoms with E-state index < -0.39 is 5.60 Å². The van der Waals surface area contributed by atoms with Gasteiger partial charge in [-0.25, -0.2) is 9.97 Å². The molecule has 0 bridgehead atoms. The molecule has 0 spiro atoms. The predicted octanol–water partition coefficient (Wildman–Crippen LogP) is 3.43. The SMILES string of the molecule is C=CCNC(=O)c1cnc(Nc2ccc(N3CC4CN(C)CC4C3)cc2)nc1Nc1ccc2c(n1)C(C)(O)CC2. The fourth-order valence-electron chi connectivity index (χ4n) is 6.13. The number of likely N-dealkylation sites (tertiary alicyclic amines) is 1. The van der Waals surface area contributed by atoms with Crippen LogP contribution in [0.5, 0.6) is 0 Å². The van der Waals surface area contributed by atoms with E-state index in [0.717, 1.165) is 42.6 Å². The fourth-order valence-corrected chi connectivity index (χ4v) is 6.13. The van der Waals surface area contributed by atoms with E-state index in [-0.39, 0.29) is 11.5 Å². The van der Waals surface area contributed by atoms with E-state index in [1.165, 1.54) is 25.0 Å². The molecule has 3 unspecified atom stereocenters. The summed E-state index contributed by atoms with van der Waals surface area (Å²) in [6.07, 6.45) is 4.52. The highest BCUT2D eigenvalue weighted by Crippen LogP contribution is 2.36. The monoisotopic (exact) mass is 540 g/mol. The molecule has 10 nitrogen and oxygen atoms in total. The molecule has 1 amide bonds. The van der Waals surface area contributed by atoms with Crippen LogP contribution in [0.25, 0.3) is 0 Å². The number of fused-ring (bicyclic) bond motifs is 2. The molecule has 2 saturated heterocycles. The number of carbonyl (C=O) groups is 1. The highest BCUT2D eigenvalue weighted by molar-refractivity contribution is 5.99. The van der Waals surface area contributed by atoms with Gasteiger partial charge in [-0.05, 0) is 74.5 Å². The van der Waals surface area contributed by atoms with Crippen molar-refractivity contribution in [3.05, 3.63) is 72.1 Å². The number of rotatable bonds is 8. The average Bonchev–Trinajstić information content (AvgIpc) is 3.58. The molecule has 0 saturated carbocycles. The number of pyridine rings is 1. The first-order valence-electron chi connectivity index (χ1n) is 13.9. The Labute approximate surface area is 234 Å². The van der Waals surface area contributed by atoms with Gasteiger partial charge in [0.15, 0.2) is 0 Å². The number of hydrogen-bond donors (Lipinski definition) is 4. The summed E-state index contributed by atoms with van der Waals surface area (Å²) in [5.41, 5.74) is 3.05. The number of amides is 1. The van der Waals surface area contributed by atoms with E-state index in [1.807, 2.05) is 24.3 Å². The smallest absolute Gasteiger partial charge is 0.256 e. The summed E-state index contributed by atoms with van der Waals surface area (Å²) in [6.45, 7) is 10.3. The molecule has 208 valence electrons. The Bertz CT molecular complexity index is 1410. The number of benzene rings is 1. The summed E-state index contributed by atoms with van der Waals surface area (Å²) < 4.78 is 0. The van der Waals surface area contributed by atoms with E-state index in [2.05, 4.69) is 66.5 Å². The van der Waals surface area contributed by atoms with Crippen LogP contribution in [0.15, 0.2) is 55.3 Å². The molecule has 2 aromatic heterocycles. The van der Waals surface area contributed by atoms with Gasteiger partial charge in [0.05, 0.1) is 5.69 Å². The summed E-state index contributed by atoms with van der Waals surface area (Å²) in [4.78, 5) is 31.5. The van der Waals surface area contributed by atoms with Crippen LogP contribution in [0.2, 0.25) is 0 Å². The molecule has 2 fully saturated rings. The zero-order chi connectivity index (χ0) is 27.9. The summed E-state index contributed by atoms with van der Waals surface area (Å²) in [7, 11) is 2.21. The number of nitrogens with zero attached hydrogens (tertiary/aromatic N) is 5. The van der Waals surface area contributed by atoms with Gasteiger partial charge >= 0.3 is 0 Å². The number of nitrogens with one attached hydrogen (secondary N) is 3. The van der Waals surface area contributed by atoms with Crippen molar-refractivity contribution in [3.63, 3.8) is 0 Å². The first-order valence-corrected chi connectivity index (χ1v) is 13.9. The molecule has 4 heterocycles. The lowest BCUT2D eigenvalue weighted by Crippen LogP contribution is -2.26. The second-order valence-electron chi connectivity index (χ2n) is 11.4. The van der Waals surface area contributed by atoms with Crippen LogP contribution in [-0.2, 0) is 12.0 Å². The van der Waals surface area contributed by atoms with Gasteiger partial charge in [0.25, 0.3) is 5.91 Å². The van der Waals surface area contributed by atoms with Crippen LogP contribution in [0, 0.1) is 11.8 Å². The Morgan fingerprint density at radius 2 is 1.85 bits per heavy atom. The summed E-state index contributed by atoms with van der Waals surface area (Å²) in [5.74, 6) is 2.32. The molecule has 3 aliphatic rings. The number of carbonyl (C=O) groups excluding carboxylic acids is 1. The molecule has 4 N–H and O–H groups in total. The highest BCUT2D eigenvalue weighted by Gasteiger charge is 2.38. The highest BCUT2D eigenvalue weighted by atomic mass is 16.3. The molecule has 6 rings (SSSR count). The zero-order valence-corrected chi connectivity index (χ0v) is 23.0. The maximum Gasteiger partial charge on any atom is 0.256 e. The van der Waals surface area contributed by atoms with Gasteiger partial charge in [0, 0.05) is 50.3 Å². The third-order valence-corrected chi connectivity index (χ3v) is 8.21. The maximum atomic E-state index is 12.9. The quantitative estimate of drug-likeness (QED) is 0.319. The summed E-state index contributed by atoms with van der Waals surface area (Å²) in [5, 5.41) is 19.9. The van der Waals surface area contributed by atoms with Crippen molar-refractivity contribution in [2.75, 3.05) is 55.3 Å². The van der Waals surface area contributed by atoms with E-state index in [1.54, 1.807) is 13.0 Å². The summed E-state index contributed by atoms with van der Waals surface area (Å²) >= 11 is 0. The minimum Gasteiger partial charge on any atom is -0.384 e. The van der Waals surface area contributed by atoms with Crippen LogP contribution in [-0.4, -0.2) is 70.6 Å². The molecule has 3 atom stereocenters. The maximum absolute atomic E-state index is 12.9. The largest absolute Gasteiger partial charge is 0.384 e. The predicted molar refractivity (Wildman–Crippen MR) is 156 cm³/mol. The number of aromatic nitrogens is 3. The normalized spacial score (nSPS) is 23.5. The Balaban J connectivity index is 1.21. The third-order valence-electron chi connectivity index (χ3n) is 8.21. The average molecular weight is 541 g/mol. The van der Waals surface area contributed by atoms with Crippen molar-refractivity contribution in [2.45, 2.75) is 25.4 Å². The van der Waals surface area contributed by atoms with Crippen LogP contribution in [0.4, 0.5) is 29.0 Å². The molecule has 0 radical (unpaired) electrons. The fraction of sp³-hybridized carbons (Fsp3) is 0.400. The number of aliphatic hydroxyl groups is 1. The van der Waals surface area contributed by atoms with Gasteiger partial charge in [0.2, 0.25) is 5.95 Å². The molecule has 40 heavy (non-hydrogen) atoms. The van der Waals surface area contributed by atoms with Gasteiger partial charge in [-0.15, -0.1) is 6.58 Å². The van der Waals surface area contributed by atoms with Gasteiger partial charge in [0.1, 0.15) is 22.8 Å². The minimum absolute atomic E-state index is 0.280. The lowest BCUT2D eigenvalue weighted by molar-refractivity contribution is 0.0555. The molecular weight excluding hydrogens is 504 g/mol. The van der Waals surface area contributed by atoms with Gasteiger partial charge < -0.3 is 30.9 Å². The van der Waals surface area contributed by atoms with Crippen molar-refractivity contribution >= 4 is 34.9 Å². The summed E-state index contributed by atoms with van der Waals surface area (Å²) in [6, 6.07) is 12.1. The second-order valence-corrected chi connectivity index (χ2v) is 11.4. The lowest BCUT2D eigenvalue weighted by atomic mass is 10.0. The van der Waals surface area contributed by atoms with E-state index in [9.17, 15) is 9.90 Å².